The number of hydrogen-bond acceptors (Lipinski definition) is 7. The fourth-order valence-corrected chi connectivity index (χ4v) is 5.11. The van der Waals surface area contributed by atoms with Crippen LogP contribution in [0.3, 0.4) is 0 Å². The number of pyridine rings is 2. The van der Waals surface area contributed by atoms with Gasteiger partial charge in [0.25, 0.3) is 10.1 Å². The van der Waals surface area contributed by atoms with Crippen LogP contribution in [-0.2, 0) is 27.9 Å². The van der Waals surface area contributed by atoms with Crippen LogP contribution >= 0.6 is 0 Å². The zero-order chi connectivity index (χ0) is 24.7. The number of nitrogens with one attached hydrogen (secondary N) is 1. The van der Waals surface area contributed by atoms with E-state index < -0.39 is 10.1 Å². The Bertz CT molecular complexity index is 1650. The van der Waals surface area contributed by atoms with Crippen molar-refractivity contribution >= 4 is 43.6 Å². The Morgan fingerprint density at radius 1 is 1.00 bits per heavy atom. The summed E-state index contributed by atoms with van der Waals surface area (Å²) in [6, 6.07) is 12.5. The molecule has 0 saturated carbocycles. The minimum atomic E-state index is -3.82. The third-order valence-corrected chi connectivity index (χ3v) is 7.45. The Morgan fingerprint density at radius 3 is 2.54 bits per heavy atom. The van der Waals surface area contributed by atoms with Gasteiger partial charge in [0.1, 0.15) is 11.5 Å². The van der Waals surface area contributed by atoms with Gasteiger partial charge in [-0.1, -0.05) is 17.7 Å². The van der Waals surface area contributed by atoms with Gasteiger partial charge in [0.15, 0.2) is 0 Å². The predicted octanol–water partition coefficient (Wildman–Crippen LogP) is 4.39. The first-order valence-corrected chi connectivity index (χ1v) is 12.6. The van der Waals surface area contributed by atoms with Gasteiger partial charge in [-0.2, -0.15) is 13.5 Å². The number of benzene rings is 1. The average molecular weight is 491 g/mol. The van der Waals surface area contributed by atoms with E-state index in [2.05, 4.69) is 15.4 Å². The molecule has 0 unspecified atom stereocenters. The van der Waals surface area contributed by atoms with E-state index >= 15 is 0 Å². The maximum atomic E-state index is 12.5. The summed E-state index contributed by atoms with van der Waals surface area (Å²) in [5, 5.41) is 10.0. The Morgan fingerprint density at radius 2 is 1.77 bits per heavy atom. The second-order valence-electron chi connectivity index (χ2n) is 8.50. The first-order valence-electron chi connectivity index (χ1n) is 11.2. The van der Waals surface area contributed by atoms with Gasteiger partial charge >= 0.3 is 0 Å². The Kier molecular flexibility index (Phi) is 5.78. The van der Waals surface area contributed by atoms with Gasteiger partial charge in [-0.25, -0.2) is 4.98 Å². The lowest BCUT2D eigenvalue weighted by Crippen LogP contribution is -2.14. The normalized spacial score (nSPS) is 12.0. The average Bonchev–Trinajstić information content (AvgIpc) is 3.27. The molecule has 0 aliphatic rings. The van der Waals surface area contributed by atoms with Crippen molar-refractivity contribution < 1.29 is 12.6 Å². The second-order valence-corrected chi connectivity index (χ2v) is 10.1. The van der Waals surface area contributed by atoms with Crippen LogP contribution in [0.25, 0.3) is 21.9 Å². The van der Waals surface area contributed by atoms with Crippen molar-refractivity contribution in [2.45, 2.75) is 32.2 Å². The van der Waals surface area contributed by atoms with Gasteiger partial charge in [-0.15, -0.1) is 0 Å². The third-order valence-electron chi connectivity index (χ3n) is 6.13. The van der Waals surface area contributed by atoms with E-state index in [1.807, 2.05) is 56.8 Å². The molecule has 0 amide bonds. The summed E-state index contributed by atoms with van der Waals surface area (Å²) >= 11 is 0. The van der Waals surface area contributed by atoms with Gasteiger partial charge in [0, 0.05) is 30.2 Å². The summed E-state index contributed by atoms with van der Waals surface area (Å²) < 4.78 is 33.9. The van der Waals surface area contributed by atoms with Crippen LogP contribution in [0.1, 0.15) is 17.0 Å². The quantitative estimate of drug-likeness (QED) is 0.337. The highest BCUT2D eigenvalue weighted by Crippen LogP contribution is 2.29. The molecule has 0 fully saturated rings. The van der Waals surface area contributed by atoms with Crippen LogP contribution < -0.4 is 5.32 Å². The lowest BCUT2D eigenvalue weighted by Gasteiger charge is -2.09. The summed E-state index contributed by atoms with van der Waals surface area (Å²) in [5.41, 5.74) is 5.39. The fourth-order valence-electron chi connectivity index (χ4n) is 4.22. The summed E-state index contributed by atoms with van der Waals surface area (Å²) in [6.45, 7) is 6.00. The van der Waals surface area contributed by atoms with Crippen molar-refractivity contribution in [3.05, 3.63) is 71.8 Å². The number of aryl methyl sites for hydroxylation is 3. The van der Waals surface area contributed by atoms with Gasteiger partial charge in [-0.3, -0.25) is 13.8 Å². The highest BCUT2D eigenvalue weighted by atomic mass is 32.2. The van der Waals surface area contributed by atoms with Gasteiger partial charge < -0.3 is 9.88 Å². The van der Waals surface area contributed by atoms with Crippen molar-refractivity contribution in [2.75, 3.05) is 11.9 Å². The number of anilines is 2. The molecule has 35 heavy (non-hydrogen) atoms. The molecule has 0 bridgehead atoms. The van der Waals surface area contributed by atoms with Gasteiger partial charge in [0.2, 0.25) is 0 Å². The van der Waals surface area contributed by atoms with Gasteiger partial charge in [0.05, 0.1) is 40.6 Å². The van der Waals surface area contributed by atoms with Crippen LogP contribution in [0, 0.1) is 20.8 Å². The van der Waals surface area contributed by atoms with E-state index in [1.165, 1.54) is 0 Å². The molecule has 9 nitrogen and oxygen atoms in total. The summed E-state index contributed by atoms with van der Waals surface area (Å²) in [5.74, 6) is 0.695. The van der Waals surface area contributed by atoms with E-state index in [0.717, 1.165) is 44.6 Å². The number of hydrogen-bond donors (Lipinski definition) is 1. The molecule has 0 aliphatic carbocycles. The van der Waals surface area contributed by atoms with Crippen molar-refractivity contribution in [3.63, 3.8) is 0 Å². The third kappa shape index (κ3) is 4.26. The monoisotopic (exact) mass is 490 g/mol. The first kappa shape index (κ1) is 23.0. The molecule has 1 N–H and O–H groups in total. The lowest BCUT2D eigenvalue weighted by atomic mass is 10.2. The molecular weight excluding hydrogens is 464 g/mol. The molecule has 5 aromatic rings. The molecule has 0 aliphatic heterocycles. The molecule has 1 aromatic carbocycles. The Hall–Kier alpha value is -3.76. The van der Waals surface area contributed by atoms with Crippen LogP contribution in [0.4, 0.5) is 11.5 Å². The maximum Gasteiger partial charge on any atom is 0.297 e. The maximum absolute atomic E-state index is 12.5. The molecular formula is C25H26N6O3S. The van der Waals surface area contributed by atoms with E-state index in [-0.39, 0.29) is 11.5 Å². The number of rotatable bonds is 7. The molecule has 180 valence electrons. The highest BCUT2D eigenvalue weighted by molar-refractivity contribution is 7.86. The Labute approximate surface area is 203 Å². The zero-order valence-corrected chi connectivity index (χ0v) is 20.8. The zero-order valence-electron chi connectivity index (χ0n) is 20.0. The highest BCUT2D eigenvalue weighted by Gasteiger charge is 2.17. The van der Waals surface area contributed by atoms with Crippen molar-refractivity contribution in [1.29, 1.82) is 0 Å². The van der Waals surface area contributed by atoms with E-state index in [1.54, 1.807) is 35.1 Å². The van der Waals surface area contributed by atoms with Crippen molar-refractivity contribution in [2.24, 2.45) is 7.05 Å². The molecule has 0 atom stereocenters. The lowest BCUT2D eigenvalue weighted by molar-refractivity contribution is 0.292. The molecule has 5 rings (SSSR count). The van der Waals surface area contributed by atoms with E-state index in [4.69, 9.17) is 9.17 Å². The predicted molar refractivity (Wildman–Crippen MR) is 135 cm³/mol. The Balaban J connectivity index is 1.33. The molecule has 4 aromatic heterocycles. The topological polar surface area (TPSA) is 104 Å². The smallest absolute Gasteiger partial charge is 0.297 e. The number of fused-ring (bicyclic) bond motifs is 3. The fraction of sp³-hybridized carbons (Fsp3) is 0.240. The largest absolute Gasteiger partial charge is 0.337 e. The van der Waals surface area contributed by atoms with Crippen LogP contribution in [0.5, 0.6) is 0 Å². The summed E-state index contributed by atoms with van der Waals surface area (Å²) in [6.07, 6.45) is 3.63. The molecule has 10 heteroatoms. The van der Waals surface area contributed by atoms with Crippen LogP contribution in [-0.4, -0.2) is 39.3 Å². The van der Waals surface area contributed by atoms with Crippen LogP contribution in [0.15, 0.2) is 59.8 Å². The van der Waals surface area contributed by atoms with Crippen molar-refractivity contribution in [3.8, 4) is 0 Å². The minimum Gasteiger partial charge on any atom is -0.337 e. The van der Waals surface area contributed by atoms with Crippen molar-refractivity contribution in [1.82, 2.24) is 24.3 Å². The second kappa shape index (κ2) is 8.79. The summed E-state index contributed by atoms with van der Waals surface area (Å²) in [7, 11) is -1.83. The molecule has 4 heterocycles. The van der Waals surface area contributed by atoms with Crippen LogP contribution in [0.2, 0.25) is 0 Å². The number of aromatic nitrogens is 5. The van der Waals surface area contributed by atoms with E-state index in [9.17, 15) is 8.42 Å². The first-order chi connectivity index (χ1) is 16.7. The molecule has 0 spiro atoms. The van der Waals surface area contributed by atoms with Gasteiger partial charge in [-0.05, 0) is 51.1 Å². The standard InChI is InChI=1S/C25H26N6O3S/c1-16-5-7-19(8-6-16)35(32,33)34-14-13-31-18(3)24(17(2)29-31)27-23-10-9-20-21-15-26-12-11-22(21)30(4)25(20)28-23/h5-12,15H,13-14H2,1-4H3,(H,27,28). The SMILES string of the molecule is Cc1ccc(S(=O)(=O)OCCn2nc(C)c(Nc3ccc4c5cnccc5n(C)c4n3)c2C)cc1. The molecule has 0 radical (unpaired) electrons. The van der Waals surface area contributed by atoms with E-state index in [0.29, 0.717) is 12.4 Å². The summed E-state index contributed by atoms with van der Waals surface area (Å²) in [4.78, 5) is 9.20. The molecule has 0 saturated heterocycles. The number of nitrogens with zero attached hydrogens (tertiary/aromatic N) is 5. The minimum absolute atomic E-state index is 0.0220.